The van der Waals surface area contributed by atoms with E-state index < -0.39 is 0 Å². The number of aromatic nitrogens is 3. The first-order valence-electron chi connectivity index (χ1n) is 9.27. The van der Waals surface area contributed by atoms with Gasteiger partial charge in [-0.2, -0.15) is 0 Å². The molecule has 0 atom stereocenters. The predicted octanol–water partition coefficient (Wildman–Crippen LogP) is 3.49. The fourth-order valence-corrected chi connectivity index (χ4v) is 2.75. The van der Waals surface area contributed by atoms with Crippen LogP contribution >= 0.6 is 24.0 Å². The van der Waals surface area contributed by atoms with Gasteiger partial charge in [-0.1, -0.05) is 36.4 Å². The third kappa shape index (κ3) is 6.33. The summed E-state index contributed by atoms with van der Waals surface area (Å²) in [5.74, 6) is 2.61. The van der Waals surface area contributed by atoms with Gasteiger partial charge in [0.2, 0.25) is 0 Å². The summed E-state index contributed by atoms with van der Waals surface area (Å²) in [6, 6.07) is 14.5. The van der Waals surface area contributed by atoms with E-state index in [0.29, 0.717) is 6.54 Å². The lowest BCUT2D eigenvalue weighted by atomic mass is 10.1. The van der Waals surface area contributed by atoms with Crippen molar-refractivity contribution in [1.82, 2.24) is 25.2 Å². The standard InChI is InChI=1S/C21H26N6.HI/c1-3-22-21(24-12-11-18-7-5-4-6-8-18)26-16-19-9-10-20(25-15-19)27-14-13-23-17(27)2;/h4-10,13-15H,3,11-12,16H2,1-2H3,(H2,22,24,26);1H. The molecule has 28 heavy (non-hydrogen) atoms. The fraction of sp³-hybridized carbons (Fsp3) is 0.286. The van der Waals surface area contributed by atoms with Crippen molar-refractivity contribution < 1.29 is 0 Å². The topological polar surface area (TPSA) is 67.1 Å². The number of halogens is 1. The average Bonchev–Trinajstić information content (AvgIpc) is 3.13. The zero-order chi connectivity index (χ0) is 18.9. The van der Waals surface area contributed by atoms with Crippen LogP contribution in [-0.2, 0) is 13.0 Å². The molecular weight excluding hydrogens is 463 g/mol. The van der Waals surface area contributed by atoms with Crippen LogP contribution < -0.4 is 10.6 Å². The summed E-state index contributed by atoms with van der Waals surface area (Å²) < 4.78 is 1.96. The summed E-state index contributed by atoms with van der Waals surface area (Å²) in [6.07, 6.45) is 6.52. The van der Waals surface area contributed by atoms with Gasteiger partial charge in [0.25, 0.3) is 0 Å². The molecule has 0 unspecified atom stereocenters. The highest BCUT2D eigenvalue weighted by molar-refractivity contribution is 14.0. The first kappa shape index (κ1) is 21.9. The maximum Gasteiger partial charge on any atom is 0.191 e. The molecule has 0 fully saturated rings. The van der Waals surface area contributed by atoms with Crippen molar-refractivity contribution in [2.24, 2.45) is 4.99 Å². The molecule has 0 aliphatic heterocycles. The number of imidazole rings is 1. The molecule has 6 nitrogen and oxygen atoms in total. The molecule has 2 aromatic heterocycles. The van der Waals surface area contributed by atoms with E-state index >= 15 is 0 Å². The molecule has 1 aromatic carbocycles. The minimum Gasteiger partial charge on any atom is -0.357 e. The molecule has 0 bridgehead atoms. The highest BCUT2D eigenvalue weighted by atomic mass is 127. The molecule has 148 valence electrons. The van der Waals surface area contributed by atoms with Gasteiger partial charge in [0.05, 0.1) is 6.54 Å². The van der Waals surface area contributed by atoms with Crippen molar-refractivity contribution in [3.63, 3.8) is 0 Å². The van der Waals surface area contributed by atoms with Gasteiger partial charge in [0.1, 0.15) is 11.6 Å². The van der Waals surface area contributed by atoms with Gasteiger partial charge in [-0.05, 0) is 37.5 Å². The molecule has 7 heteroatoms. The number of nitrogens with one attached hydrogen (secondary N) is 2. The van der Waals surface area contributed by atoms with Crippen molar-refractivity contribution in [1.29, 1.82) is 0 Å². The largest absolute Gasteiger partial charge is 0.357 e. The zero-order valence-corrected chi connectivity index (χ0v) is 18.6. The maximum atomic E-state index is 4.66. The van der Waals surface area contributed by atoms with Crippen molar-refractivity contribution in [3.05, 3.63) is 78.0 Å². The number of hydrogen-bond donors (Lipinski definition) is 2. The van der Waals surface area contributed by atoms with E-state index in [-0.39, 0.29) is 24.0 Å². The second kappa shape index (κ2) is 11.4. The number of pyridine rings is 1. The summed E-state index contributed by atoms with van der Waals surface area (Å²) in [5.41, 5.74) is 2.38. The monoisotopic (exact) mass is 490 g/mol. The summed E-state index contributed by atoms with van der Waals surface area (Å²) in [7, 11) is 0. The number of nitrogens with zero attached hydrogens (tertiary/aromatic N) is 4. The Hall–Kier alpha value is -2.42. The van der Waals surface area contributed by atoms with Crippen molar-refractivity contribution >= 4 is 29.9 Å². The molecule has 0 spiro atoms. The summed E-state index contributed by atoms with van der Waals surface area (Å²) in [5, 5.41) is 6.67. The van der Waals surface area contributed by atoms with E-state index in [1.807, 2.05) is 36.0 Å². The Morgan fingerprint density at radius 2 is 1.86 bits per heavy atom. The number of hydrogen-bond acceptors (Lipinski definition) is 3. The van der Waals surface area contributed by atoms with Crippen LogP contribution in [0.1, 0.15) is 23.9 Å². The minimum absolute atomic E-state index is 0. The van der Waals surface area contributed by atoms with E-state index in [4.69, 9.17) is 0 Å². The molecule has 0 saturated carbocycles. The second-order valence-electron chi connectivity index (χ2n) is 6.23. The molecule has 0 aliphatic carbocycles. The van der Waals surface area contributed by atoms with Crippen molar-refractivity contribution in [2.45, 2.75) is 26.8 Å². The first-order chi connectivity index (χ1) is 13.3. The lowest BCUT2D eigenvalue weighted by Crippen LogP contribution is -2.38. The molecule has 0 aliphatic rings. The number of guanidine groups is 1. The molecule has 0 saturated heterocycles. The van der Waals surface area contributed by atoms with E-state index in [1.54, 1.807) is 6.20 Å². The van der Waals surface area contributed by atoms with Gasteiger partial charge in [-0.15, -0.1) is 24.0 Å². The van der Waals surface area contributed by atoms with Crippen LogP contribution in [0.3, 0.4) is 0 Å². The van der Waals surface area contributed by atoms with Crippen LogP contribution in [0, 0.1) is 6.92 Å². The van der Waals surface area contributed by atoms with Gasteiger partial charge >= 0.3 is 0 Å². The van der Waals surface area contributed by atoms with Crippen LogP contribution in [0.15, 0.2) is 66.0 Å². The fourth-order valence-electron chi connectivity index (χ4n) is 2.75. The number of rotatable bonds is 7. The van der Waals surface area contributed by atoms with Crippen LogP contribution in [0.2, 0.25) is 0 Å². The number of benzene rings is 1. The molecular formula is C21H27IN6. The summed E-state index contributed by atoms with van der Waals surface area (Å²) in [4.78, 5) is 13.4. The predicted molar refractivity (Wildman–Crippen MR) is 124 cm³/mol. The second-order valence-corrected chi connectivity index (χ2v) is 6.23. The van der Waals surface area contributed by atoms with E-state index in [2.05, 4.69) is 62.8 Å². The summed E-state index contributed by atoms with van der Waals surface area (Å²) >= 11 is 0. The van der Waals surface area contributed by atoms with Crippen molar-refractivity contribution in [2.75, 3.05) is 13.1 Å². The van der Waals surface area contributed by atoms with Gasteiger partial charge < -0.3 is 10.6 Å². The summed E-state index contributed by atoms with van der Waals surface area (Å²) in [6.45, 7) is 6.28. The van der Waals surface area contributed by atoms with Crippen LogP contribution in [0.5, 0.6) is 0 Å². The van der Waals surface area contributed by atoms with E-state index in [1.165, 1.54) is 5.56 Å². The Kier molecular flexibility index (Phi) is 8.93. The first-order valence-corrected chi connectivity index (χ1v) is 9.27. The van der Waals surface area contributed by atoms with Crippen LogP contribution in [0.4, 0.5) is 0 Å². The number of aliphatic imine (C=N–C) groups is 1. The molecule has 0 radical (unpaired) electrons. The molecule has 0 amide bonds. The van der Waals surface area contributed by atoms with Gasteiger partial charge in [0.15, 0.2) is 5.96 Å². The Morgan fingerprint density at radius 3 is 2.50 bits per heavy atom. The van der Waals surface area contributed by atoms with Gasteiger partial charge in [0, 0.05) is 31.7 Å². The SMILES string of the molecule is CCNC(=NCc1ccc(-n2ccnc2C)nc1)NCCc1ccccc1.I. The molecule has 2 N–H and O–H groups in total. The highest BCUT2D eigenvalue weighted by Gasteiger charge is 2.02. The third-order valence-corrected chi connectivity index (χ3v) is 4.19. The average molecular weight is 490 g/mol. The van der Waals surface area contributed by atoms with Gasteiger partial charge in [-0.25, -0.2) is 15.0 Å². The van der Waals surface area contributed by atoms with Crippen LogP contribution in [0.25, 0.3) is 5.82 Å². The maximum absolute atomic E-state index is 4.66. The molecule has 3 aromatic rings. The lowest BCUT2D eigenvalue weighted by Gasteiger charge is -2.11. The third-order valence-electron chi connectivity index (χ3n) is 4.19. The molecule has 2 heterocycles. The Bertz CT molecular complexity index is 858. The van der Waals surface area contributed by atoms with E-state index in [0.717, 1.165) is 42.7 Å². The minimum atomic E-state index is 0. The normalized spacial score (nSPS) is 11.0. The quantitative estimate of drug-likeness (QED) is 0.302. The molecule has 3 rings (SSSR count). The highest BCUT2D eigenvalue weighted by Crippen LogP contribution is 2.09. The number of aryl methyl sites for hydroxylation is 1. The van der Waals surface area contributed by atoms with Crippen LogP contribution in [-0.4, -0.2) is 33.6 Å². The van der Waals surface area contributed by atoms with Gasteiger partial charge in [-0.3, -0.25) is 4.57 Å². The Balaban J connectivity index is 0.00000280. The lowest BCUT2D eigenvalue weighted by molar-refractivity contribution is 0.799. The van der Waals surface area contributed by atoms with Crippen molar-refractivity contribution in [3.8, 4) is 5.82 Å². The Morgan fingerprint density at radius 1 is 1.04 bits per heavy atom. The van der Waals surface area contributed by atoms with E-state index in [9.17, 15) is 0 Å². The smallest absolute Gasteiger partial charge is 0.191 e. The Labute approximate surface area is 183 Å². The zero-order valence-electron chi connectivity index (χ0n) is 16.3.